The number of carbonyl (C=O) groups is 5. The molecule has 50 heavy (non-hydrogen) atoms. The number of amides is 2. The molecule has 0 radical (unpaired) electrons. The summed E-state index contributed by atoms with van der Waals surface area (Å²) in [5.41, 5.74) is 0. The van der Waals surface area contributed by atoms with Gasteiger partial charge in [-0.1, -0.05) is 77.0 Å². The van der Waals surface area contributed by atoms with Crippen LogP contribution in [0, 0.1) is 0 Å². The molecule has 2 amide bonds. The highest BCUT2D eigenvalue weighted by Crippen LogP contribution is 2.14. The zero-order valence-electron chi connectivity index (χ0n) is 30.7. The van der Waals surface area contributed by atoms with E-state index in [-0.39, 0.29) is 49.9 Å². The Labute approximate surface area is 299 Å². The Kier molecular flexibility index (Phi) is 34.2. The largest absolute Gasteiger partial charge is 0.481 e. The number of ether oxygens (including phenoxy) is 4. The number of aliphatic carboxylic acids is 2. The van der Waals surface area contributed by atoms with E-state index in [0.29, 0.717) is 72.3 Å². The number of hydrogen-bond donors (Lipinski definition) is 5. The molecule has 0 aliphatic rings. The highest BCUT2D eigenvalue weighted by atomic mass is 16.5. The minimum atomic E-state index is -1.15. The molecule has 1 unspecified atom stereocenters. The van der Waals surface area contributed by atoms with Crippen LogP contribution in [0.5, 0.6) is 0 Å². The molecule has 0 fully saturated rings. The lowest BCUT2D eigenvalue weighted by molar-refractivity contribution is -0.142. The van der Waals surface area contributed by atoms with Gasteiger partial charge in [0.05, 0.1) is 46.2 Å². The normalized spacial score (nSPS) is 11.7. The molecular weight excluding hydrogens is 650 g/mol. The molecule has 1 atom stereocenters. The second-order valence-electron chi connectivity index (χ2n) is 12.5. The van der Waals surface area contributed by atoms with Gasteiger partial charge in [-0.3, -0.25) is 19.2 Å². The van der Waals surface area contributed by atoms with Gasteiger partial charge in [0.2, 0.25) is 11.8 Å². The van der Waals surface area contributed by atoms with Crippen molar-refractivity contribution >= 4 is 29.5 Å². The molecule has 5 N–H and O–H groups in total. The number of unbranched alkanes of at least 4 members (excludes halogenated alkanes) is 13. The van der Waals surface area contributed by atoms with Crippen molar-refractivity contribution in [1.29, 1.82) is 0 Å². The summed E-state index contributed by atoms with van der Waals surface area (Å²) in [5, 5.41) is 26.5. The van der Waals surface area contributed by atoms with E-state index in [0.717, 1.165) is 38.5 Å². The SMILES string of the molecule is CC(=O)COCCOCCNCCOCCOCCNC(=O)CCC(NC(=O)CCCCCCCCCCCCCCCCC(=O)O)C(=O)O. The van der Waals surface area contributed by atoms with Crippen molar-refractivity contribution in [2.24, 2.45) is 0 Å². The number of ketones is 1. The zero-order valence-corrected chi connectivity index (χ0v) is 30.7. The van der Waals surface area contributed by atoms with Gasteiger partial charge in [-0.2, -0.15) is 0 Å². The van der Waals surface area contributed by atoms with Gasteiger partial charge in [0.25, 0.3) is 0 Å². The van der Waals surface area contributed by atoms with Gasteiger partial charge in [-0.25, -0.2) is 4.79 Å². The Balaban J connectivity index is 3.59. The minimum absolute atomic E-state index is 0.00904. The molecule has 0 heterocycles. The Bertz CT molecular complexity index is 876. The Hall–Kier alpha value is -2.65. The van der Waals surface area contributed by atoms with Crippen LogP contribution in [0.4, 0.5) is 0 Å². The molecule has 0 saturated heterocycles. The maximum absolute atomic E-state index is 12.3. The first-order valence-corrected chi connectivity index (χ1v) is 18.7. The number of nitrogens with one attached hydrogen (secondary N) is 3. The molecule has 0 aromatic heterocycles. The van der Waals surface area contributed by atoms with Crippen molar-refractivity contribution in [3.8, 4) is 0 Å². The predicted molar refractivity (Wildman–Crippen MR) is 190 cm³/mol. The van der Waals surface area contributed by atoms with Crippen molar-refractivity contribution in [1.82, 2.24) is 16.0 Å². The average Bonchev–Trinajstić information content (AvgIpc) is 3.07. The van der Waals surface area contributed by atoms with Crippen LogP contribution >= 0.6 is 0 Å². The molecule has 292 valence electrons. The first-order valence-electron chi connectivity index (χ1n) is 18.7. The lowest BCUT2D eigenvalue weighted by atomic mass is 10.0. The second-order valence-corrected chi connectivity index (χ2v) is 12.5. The maximum Gasteiger partial charge on any atom is 0.326 e. The molecule has 0 rings (SSSR count). The summed E-state index contributed by atoms with van der Waals surface area (Å²) in [4.78, 5) is 57.2. The summed E-state index contributed by atoms with van der Waals surface area (Å²) in [7, 11) is 0. The molecule has 0 aromatic rings. The van der Waals surface area contributed by atoms with Crippen LogP contribution in [0.3, 0.4) is 0 Å². The standard InChI is InChI=1S/C36H67N3O11/c1-31(40)30-50-29-28-48-24-21-37-20-23-47-26-27-49-25-22-38-33(41)19-18-32(36(45)46)39-34(42)16-14-12-10-8-6-4-2-3-5-7-9-11-13-15-17-35(43)44/h32,37H,2-30H2,1H3,(H,38,41)(H,39,42)(H,43,44)(H,45,46). The summed E-state index contributed by atoms with van der Waals surface area (Å²) >= 11 is 0. The monoisotopic (exact) mass is 717 g/mol. The summed E-state index contributed by atoms with van der Waals surface area (Å²) in [6, 6.07) is -1.10. The van der Waals surface area contributed by atoms with Gasteiger partial charge in [0.15, 0.2) is 5.78 Å². The number of rotatable bonds is 39. The molecule has 0 aliphatic carbocycles. The van der Waals surface area contributed by atoms with Gasteiger partial charge in [0.1, 0.15) is 12.6 Å². The third kappa shape index (κ3) is 36.6. The van der Waals surface area contributed by atoms with E-state index >= 15 is 0 Å². The van der Waals surface area contributed by atoms with Crippen LogP contribution < -0.4 is 16.0 Å². The van der Waals surface area contributed by atoms with E-state index in [1.165, 1.54) is 51.9 Å². The molecule has 14 heteroatoms. The number of hydrogen-bond acceptors (Lipinski definition) is 10. The third-order valence-electron chi connectivity index (χ3n) is 7.80. The average molecular weight is 718 g/mol. The van der Waals surface area contributed by atoms with Crippen molar-refractivity contribution in [3.05, 3.63) is 0 Å². The van der Waals surface area contributed by atoms with Crippen LogP contribution in [-0.4, -0.2) is 118 Å². The third-order valence-corrected chi connectivity index (χ3v) is 7.80. The summed E-state index contributed by atoms with van der Waals surface area (Å²) < 4.78 is 21.4. The molecule has 0 bridgehead atoms. The number of carbonyl (C=O) groups excluding carboxylic acids is 3. The van der Waals surface area contributed by atoms with E-state index in [1.807, 2.05) is 0 Å². The molecule has 0 saturated carbocycles. The lowest BCUT2D eigenvalue weighted by Crippen LogP contribution is -2.41. The van der Waals surface area contributed by atoms with Gasteiger partial charge in [0, 0.05) is 38.9 Å². The predicted octanol–water partition coefficient (Wildman–Crippen LogP) is 4.02. The van der Waals surface area contributed by atoms with Gasteiger partial charge >= 0.3 is 11.9 Å². The first-order chi connectivity index (χ1) is 24.2. The number of carboxylic acids is 2. The summed E-state index contributed by atoms with van der Waals surface area (Å²) in [5.74, 6) is -2.47. The van der Waals surface area contributed by atoms with Crippen molar-refractivity contribution < 1.29 is 53.1 Å². The highest BCUT2D eigenvalue weighted by Gasteiger charge is 2.20. The second kappa shape index (κ2) is 36.2. The topological polar surface area (TPSA) is 199 Å². The van der Waals surface area contributed by atoms with Crippen molar-refractivity contribution in [2.45, 2.75) is 129 Å². The Morgan fingerprint density at radius 2 is 0.960 bits per heavy atom. The molecule has 0 spiro atoms. The lowest BCUT2D eigenvalue weighted by Gasteiger charge is -2.14. The number of Topliss-reactive ketones (excluding diaryl/α,β-unsaturated/α-hetero) is 1. The fraction of sp³-hybridized carbons (Fsp3) is 0.861. The maximum atomic E-state index is 12.3. The van der Waals surface area contributed by atoms with Gasteiger partial charge < -0.3 is 45.1 Å². The fourth-order valence-corrected chi connectivity index (χ4v) is 5.00. The Morgan fingerprint density at radius 3 is 1.42 bits per heavy atom. The Morgan fingerprint density at radius 1 is 0.520 bits per heavy atom. The van der Waals surface area contributed by atoms with E-state index in [2.05, 4.69) is 16.0 Å². The van der Waals surface area contributed by atoms with Gasteiger partial charge in [-0.15, -0.1) is 0 Å². The van der Waals surface area contributed by atoms with Crippen molar-refractivity contribution in [3.63, 3.8) is 0 Å². The quantitative estimate of drug-likeness (QED) is 0.0574. The zero-order chi connectivity index (χ0) is 36.9. The van der Waals surface area contributed by atoms with E-state index in [9.17, 15) is 29.1 Å². The van der Waals surface area contributed by atoms with Crippen molar-refractivity contribution in [2.75, 3.05) is 72.5 Å². The van der Waals surface area contributed by atoms with Crippen LogP contribution in [0.2, 0.25) is 0 Å². The van der Waals surface area contributed by atoms with Crippen LogP contribution in [0.1, 0.15) is 122 Å². The van der Waals surface area contributed by atoms with Crippen LogP contribution in [0.15, 0.2) is 0 Å². The summed E-state index contributed by atoms with van der Waals surface area (Å²) in [6.45, 7) is 6.23. The van der Waals surface area contributed by atoms with E-state index in [4.69, 9.17) is 24.1 Å². The fourth-order valence-electron chi connectivity index (χ4n) is 5.00. The van der Waals surface area contributed by atoms with E-state index in [1.54, 1.807) is 0 Å². The smallest absolute Gasteiger partial charge is 0.326 e. The molecule has 0 aliphatic heterocycles. The molecule has 0 aromatic carbocycles. The van der Waals surface area contributed by atoms with Crippen LogP contribution in [0.25, 0.3) is 0 Å². The highest BCUT2D eigenvalue weighted by molar-refractivity contribution is 5.84. The molecular formula is C36H67N3O11. The van der Waals surface area contributed by atoms with E-state index < -0.39 is 18.0 Å². The number of carboxylic acid groups (broad SMARTS) is 2. The van der Waals surface area contributed by atoms with Gasteiger partial charge in [-0.05, 0) is 26.2 Å². The first kappa shape index (κ1) is 47.4. The minimum Gasteiger partial charge on any atom is -0.481 e. The molecule has 14 nitrogen and oxygen atoms in total. The summed E-state index contributed by atoms with van der Waals surface area (Å²) in [6.07, 6.45) is 15.8. The van der Waals surface area contributed by atoms with Crippen LogP contribution in [-0.2, 0) is 42.9 Å².